The van der Waals surface area contributed by atoms with Gasteiger partial charge in [-0.25, -0.2) is 0 Å². The standard InChI is InChI=1S/C13H12BrF3O2/c1-3-12(13(15,16)17)5-4-8-6-9(14)7-10(18-2)11(8)19-12/h4-7H,3H2,1-2H3. The number of ether oxygens (including phenoxy) is 2. The summed E-state index contributed by atoms with van der Waals surface area (Å²) in [4.78, 5) is 0. The predicted octanol–water partition coefficient (Wildman–Crippen LogP) is 4.57. The lowest BCUT2D eigenvalue weighted by Gasteiger charge is -2.36. The van der Waals surface area contributed by atoms with Crippen LogP contribution < -0.4 is 9.47 Å². The molecule has 1 aromatic rings. The van der Waals surface area contributed by atoms with E-state index in [4.69, 9.17) is 9.47 Å². The van der Waals surface area contributed by atoms with Gasteiger partial charge in [-0.2, -0.15) is 13.2 Å². The highest BCUT2D eigenvalue weighted by Gasteiger charge is 2.55. The minimum Gasteiger partial charge on any atom is -0.493 e. The first-order valence-corrected chi connectivity index (χ1v) is 6.45. The lowest BCUT2D eigenvalue weighted by Crippen LogP contribution is -2.49. The fourth-order valence-corrected chi connectivity index (χ4v) is 2.41. The van der Waals surface area contributed by atoms with Gasteiger partial charge < -0.3 is 9.47 Å². The largest absolute Gasteiger partial charge is 0.493 e. The second-order valence-corrected chi connectivity index (χ2v) is 5.12. The summed E-state index contributed by atoms with van der Waals surface area (Å²) in [7, 11) is 1.39. The van der Waals surface area contributed by atoms with Crippen molar-refractivity contribution in [1.29, 1.82) is 0 Å². The number of hydrogen-bond acceptors (Lipinski definition) is 2. The van der Waals surface area contributed by atoms with Crippen LogP contribution in [0.5, 0.6) is 11.5 Å². The van der Waals surface area contributed by atoms with Crippen LogP contribution in [0.15, 0.2) is 22.7 Å². The summed E-state index contributed by atoms with van der Waals surface area (Å²) in [5.41, 5.74) is -1.74. The highest BCUT2D eigenvalue weighted by atomic mass is 79.9. The van der Waals surface area contributed by atoms with Gasteiger partial charge in [0.05, 0.1) is 7.11 Å². The molecule has 0 aliphatic carbocycles. The van der Waals surface area contributed by atoms with Gasteiger partial charge in [-0.05, 0) is 24.6 Å². The van der Waals surface area contributed by atoms with Gasteiger partial charge in [0, 0.05) is 10.0 Å². The van der Waals surface area contributed by atoms with E-state index in [2.05, 4.69) is 15.9 Å². The normalized spacial score (nSPS) is 21.8. The molecule has 0 saturated carbocycles. The molecule has 0 saturated heterocycles. The van der Waals surface area contributed by atoms with Crippen LogP contribution in [0.3, 0.4) is 0 Å². The van der Waals surface area contributed by atoms with Crippen molar-refractivity contribution in [2.45, 2.75) is 25.1 Å². The zero-order valence-corrected chi connectivity index (χ0v) is 11.9. The molecule has 2 rings (SSSR count). The third-order valence-corrected chi connectivity index (χ3v) is 3.55. The first-order valence-electron chi connectivity index (χ1n) is 5.65. The first kappa shape index (κ1) is 14.2. The van der Waals surface area contributed by atoms with Gasteiger partial charge >= 0.3 is 6.18 Å². The maximum Gasteiger partial charge on any atom is 0.432 e. The van der Waals surface area contributed by atoms with Crippen molar-refractivity contribution in [3.8, 4) is 11.5 Å². The third-order valence-electron chi connectivity index (χ3n) is 3.09. The molecule has 0 radical (unpaired) electrons. The highest BCUT2D eigenvalue weighted by Crippen LogP contribution is 2.47. The first-order chi connectivity index (χ1) is 8.83. The van der Waals surface area contributed by atoms with Gasteiger partial charge in [-0.15, -0.1) is 0 Å². The smallest absolute Gasteiger partial charge is 0.432 e. The van der Waals surface area contributed by atoms with Crippen LogP contribution in [0.25, 0.3) is 6.08 Å². The van der Waals surface area contributed by atoms with Crippen LogP contribution in [0, 0.1) is 0 Å². The van der Waals surface area contributed by atoms with E-state index < -0.39 is 11.8 Å². The Bertz CT molecular complexity index is 525. The van der Waals surface area contributed by atoms with Crippen molar-refractivity contribution in [2.24, 2.45) is 0 Å². The van der Waals surface area contributed by atoms with E-state index in [9.17, 15) is 13.2 Å². The molecule has 0 fully saturated rings. The molecular formula is C13H12BrF3O2. The van der Waals surface area contributed by atoms with Crippen molar-refractivity contribution < 1.29 is 22.6 Å². The molecule has 1 unspecified atom stereocenters. The van der Waals surface area contributed by atoms with Gasteiger partial charge in [-0.1, -0.05) is 28.9 Å². The quantitative estimate of drug-likeness (QED) is 0.787. The summed E-state index contributed by atoms with van der Waals surface area (Å²) >= 11 is 3.28. The number of benzene rings is 1. The summed E-state index contributed by atoms with van der Waals surface area (Å²) < 4.78 is 50.6. The topological polar surface area (TPSA) is 18.5 Å². The molecule has 104 valence electrons. The van der Waals surface area contributed by atoms with Crippen LogP contribution in [0.2, 0.25) is 0 Å². The zero-order valence-electron chi connectivity index (χ0n) is 10.3. The number of fused-ring (bicyclic) bond motifs is 1. The van der Waals surface area contributed by atoms with Gasteiger partial charge in [-0.3, -0.25) is 0 Å². The fraction of sp³-hybridized carbons (Fsp3) is 0.385. The summed E-state index contributed by atoms with van der Waals surface area (Å²) in [5, 5.41) is 0. The molecular weight excluding hydrogens is 325 g/mol. The second kappa shape index (κ2) is 4.74. The highest BCUT2D eigenvalue weighted by molar-refractivity contribution is 9.10. The van der Waals surface area contributed by atoms with Crippen molar-refractivity contribution in [3.05, 3.63) is 28.2 Å². The molecule has 1 aliphatic rings. The van der Waals surface area contributed by atoms with Gasteiger partial charge in [0.2, 0.25) is 5.60 Å². The summed E-state index contributed by atoms with van der Waals surface area (Å²) in [6.45, 7) is 1.44. The Kier molecular flexibility index (Phi) is 3.55. The van der Waals surface area contributed by atoms with Crippen LogP contribution in [0.1, 0.15) is 18.9 Å². The van der Waals surface area contributed by atoms with E-state index in [-0.39, 0.29) is 17.9 Å². The fourth-order valence-electron chi connectivity index (χ4n) is 1.96. The molecule has 1 aliphatic heterocycles. The minimum absolute atomic E-state index is 0.118. The van der Waals surface area contributed by atoms with Gasteiger partial charge in [0.1, 0.15) is 0 Å². The maximum absolute atomic E-state index is 13.2. The molecule has 1 heterocycles. The molecule has 0 bridgehead atoms. The van der Waals surface area contributed by atoms with Crippen molar-refractivity contribution in [3.63, 3.8) is 0 Å². The maximum atomic E-state index is 13.2. The van der Waals surface area contributed by atoms with E-state index in [0.29, 0.717) is 10.0 Å². The van der Waals surface area contributed by atoms with E-state index in [1.165, 1.54) is 20.1 Å². The van der Waals surface area contributed by atoms with E-state index >= 15 is 0 Å². The van der Waals surface area contributed by atoms with Crippen molar-refractivity contribution >= 4 is 22.0 Å². The zero-order chi connectivity index (χ0) is 14.3. The van der Waals surface area contributed by atoms with Gasteiger partial charge in [0.25, 0.3) is 0 Å². The molecule has 0 aromatic heterocycles. The number of hydrogen-bond donors (Lipinski definition) is 0. The molecule has 19 heavy (non-hydrogen) atoms. The Morgan fingerprint density at radius 3 is 2.58 bits per heavy atom. The van der Waals surface area contributed by atoms with Crippen LogP contribution in [-0.4, -0.2) is 18.9 Å². The molecule has 6 heteroatoms. The molecule has 0 amide bonds. The summed E-state index contributed by atoms with van der Waals surface area (Å²) in [6, 6.07) is 3.26. The van der Waals surface area contributed by atoms with E-state index in [1.807, 2.05) is 0 Å². The third kappa shape index (κ3) is 2.33. The Morgan fingerprint density at radius 1 is 1.37 bits per heavy atom. The second-order valence-electron chi connectivity index (χ2n) is 4.20. The predicted molar refractivity (Wildman–Crippen MR) is 69.4 cm³/mol. The molecule has 0 N–H and O–H groups in total. The lowest BCUT2D eigenvalue weighted by atomic mass is 9.94. The number of rotatable bonds is 2. The van der Waals surface area contributed by atoms with E-state index in [1.54, 1.807) is 12.1 Å². The summed E-state index contributed by atoms with van der Waals surface area (Å²) in [6.07, 6.45) is -2.20. The Hall–Kier alpha value is -1.17. The number of halogens is 4. The van der Waals surface area contributed by atoms with Crippen LogP contribution in [0.4, 0.5) is 13.2 Å². The number of alkyl halides is 3. The minimum atomic E-state index is -4.48. The van der Waals surface area contributed by atoms with Crippen LogP contribution in [-0.2, 0) is 0 Å². The van der Waals surface area contributed by atoms with Crippen molar-refractivity contribution in [2.75, 3.05) is 7.11 Å². The SMILES string of the molecule is CCC1(C(F)(F)F)C=Cc2cc(Br)cc(OC)c2O1. The monoisotopic (exact) mass is 336 g/mol. The molecule has 1 atom stereocenters. The Morgan fingerprint density at radius 2 is 2.05 bits per heavy atom. The Labute approximate surface area is 117 Å². The van der Waals surface area contributed by atoms with Crippen LogP contribution >= 0.6 is 15.9 Å². The average molecular weight is 337 g/mol. The molecule has 1 aromatic carbocycles. The summed E-state index contributed by atoms with van der Waals surface area (Å²) in [5.74, 6) is 0.392. The van der Waals surface area contributed by atoms with Crippen molar-refractivity contribution in [1.82, 2.24) is 0 Å². The van der Waals surface area contributed by atoms with Gasteiger partial charge in [0.15, 0.2) is 11.5 Å². The average Bonchev–Trinajstić information content (AvgIpc) is 2.35. The molecule has 0 spiro atoms. The number of methoxy groups -OCH3 is 1. The Balaban J connectivity index is 2.55. The molecule has 2 nitrogen and oxygen atoms in total. The van der Waals surface area contributed by atoms with E-state index in [0.717, 1.165) is 6.08 Å². The lowest BCUT2D eigenvalue weighted by molar-refractivity contribution is -0.230.